The van der Waals surface area contributed by atoms with Crippen LogP contribution in [0.4, 0.5) is 0 Å². The molecule has 0 radical (unpaired) electrons. The smallest absolute Gasteiger partial charge is 0.144 e. The highest BCUT2D eigenvalue weighted by atomic mass is 16.3. The van der Waals surface area contributed by atoms with Gasteiger partial charge in [-0.2, -0.15) is 0 Å². The largest absolute Gasteiger partial charge is 0.455 e. The first kappa shape index (κ1) is 39.1. The zero-order valence-electron chi connectivity index (χ0n) is 35.2. The van der Waals surface area contributed by atoms with Gasteiger partial charge in [0.05, 0.1) is 17.1 Å². The van der Waals surface area contributed by atoms with E-state index in [-0.39, 0.29) is 5.41 Å². The second-order valence-corrected chi connectivity index (χ2v) is 16.7. The van der Waals surface area contributed by atoms with Gasteiger partial charge in [-0.05, 0) is 118 Å². The fourth-order valence-corrected chi connectivity index (χ4v) is 7.72. The molecule has 0 atom stereocenters. The molecule has 0 saturated heterocycles. The van der Waals surface area contributed by atoms with E-state index in [1.165, 1.54) is 11.1 Å². The molecule has 0 unspecified atom stereocenters. The maximum absolute atomic E-state index is 6.33. The first-order chi connectivity index (χ1) is 29.6. The summed E-state index contributed by atoms with van der Waals surface area (Å²) in [6, 6.07) is 48.6. The van der Waals surface area contributed by atoms with Crippen LogP contribution >= 0.6 is 0 Å². The summed E-state index contributed by atoms with van der Waals surface area (Å²) in [6.45, 7) is 11.0. The van der Waals surface area contributed by atoms with Crippen LogP contribution in [-0.2, 0) is 5.41 Å². The Kier molecular flexibility index (Phi) is 10.7. The Labute approximate surface area is 358 Å². The number of para-hydroxylation sites is 2. The Bertz CT molecular complexity index is 3110. The lowest BCUT2D eigenvalue weighted by Crippen LogP contribution is -2.10. The number of rotatable bonds is 9. The summed E-state index contributed by atoms with van der Waals surface area (Å²) in [7, 11) is 0. The van der Waals surface area contributed by atoms with Crippen LogP contribution in [0.15, 0.2) is 163 Å². The molecule has 0 amide bonds. The van der Waals surface area contributed by atoms with Gasteiger partial charge in [0.25, 0.3) is 0 Å². The van der Waals surface area contributed by atoms with Crippen LogP contribution in [0.5, 0.6) is 0 Å². The third-order valence-electron chi connectivity index (χ3n) is 11.3. The van der Waals surface area contributed by atoms with E-state index in [1.54, 1.807) is 0 Å². The number of furan rings is 1. The highest BCUT2D eigenvalue weighted by Crippen LogP contribution is 2.36. The van der Waals surface area contributed by atoms with E-state index in [1.807, 2.05) is 55.0 Å². The van der Waals surface area contributed by atoms with Crippen molar-refractivity contribution in [1.82, 2.24) is 15.0 Å². The molecule has 4 nitrogen and oxygen atoms in total. The molecule has 4 heteroatoms. The number of benzene rings is 5. The molecule has 0 aliphatic heterocycles. The molecule has 296 valence electrons. The van der Waals surface area contributed by atoms with Crippen LogP contribution in [0.2, 0.25) is 0 Å². The van der Waals surface area contributed by atoms with Crippen molar-refractivity contribution in [2.75, 3.05) is 0 Å². The molecule has 9 rings (SSSR count). The van der Waals surface area contributed by atoms with E-state index in [4.69, 9.17) is 19.4 Å². The Balaban J connectivity index is 1.00. The predicted octanol–water partition coefficient (Wildman–Crippen LogP) is 15.2. The molecule has 0 aliphatic rings. The van der Waals surface area contributed by atoms with E-state index in [0.717, 1.165) is 94.7 Å². The molecular weight excluding hydrogens is 743 g/mol. The first-order valence-electron chi connectivity index (χ1n) is 20.8. The summed E-state index contributed by atoms with van der Waals surface area (Å²) >= 11 is 0. The topological polar surface area (TPSA) is 51.8 Å². The molecule has 0 aliphatic carbocycles. The van der Waals surface area contributed by atoms with Crippen molar-refractivity contribution in [2.45, 2.75) is 40.0 Å². The van der Waals surface area contributed by atoms with Crippen molar-refractivity contribution in [3.63, 3.8) is 0 Å². The van der Waals surface area contributed by atoms with Gasteiger partial charge in [-0.3, -0.25) is 15.0 Å². The number of hydrogen-bond acceptors (Lipinski definition) is 4. The van der Waals surface area contributed by atoms with Gasteiger partial charge in [0, 0.05) is 46.1 Å². The summed E-state index contributed by atoms with van der Waals surface area (Å²) in [4.78, 5) is 14.5. The van der Waals surface area contributed by atoms with E-state index in [2.05, 4.69) is 174 Å². The second-order valence-electron chi connectivity index (χ2n) is 16.7. The van der Waals surface area contributed by atoms with Crippen LogP contribution in [0.3, 0.4) is 0 Å². The lowest BCUT2D eigenvalue weighted by molar-refractivity contribution is 0.590. The fraction of sp³-hybridized carbons (Fsp3) is 0.105. The molecule has 4 aromatic heterocycles. The molecule has 0 bridgehead atoms. The number of nitrogens with zero attached hydrogens (tertiary/aromatic N) is 3. The van der Waals surface area contributed by atoms with Gasteiger partial charge >= 0.3 is 0 Å². The lowest BCUT2D eigenvalue weighted by Gasteiger charge is -2.19. The minimum atomic E-state index is 0.114. The van der Waals surface area contributed by atoms with Gasteiger partial charge in [-0.25, -0.2) is 0 Å². The number of fused-ring (bicyclic) bond motifs is 3. The van der Waals surface area contributed by atoms with Crippen molar-refractivity contribution in [2.24, 2.45) is 0 Å². The van der Waals surface area contributed by atoms with Crippen molar-refractivity contribution in [3.8, 4) is 33.8 Å². The van der Waals surface area contributed by atoms with E-state index >= 15 is 0 Å². The van der Waals surface area contributed by atoms with E-state index in [9.17, 15) is 0 Å². The van der Waals surface area contributed by atoms with Crippen LogP contribution in [0.1, 0.15) is 70.8 Å². The van der Waals surface area contributed by atoms with Crippen LogP contribution in [0.25, 0.3) is 92.2 Å². The Morgan fingerprint density at radius 1 is 0.443 bits per heavy atom. The van der Waals surface area contributed by atoms with Crippen LogP contribution in [-0.4, -0.2) is 15.0 Å². The molecule has 0 saturated carbocycles. The van der Waals surface area contributed by atoms with Crippen molar-refractivity contribution in [3.05, 3.63) is 208 Å². The minimum absolute atomic E-state index is 0.114. The monoisotopic (exact) mass is 789 g/mol. The van der Waals surface area contributed by atoms with Crippen LogP contribution < -0.4 is 0 Å². The lowest BCUT2D eigenvalue weighted by atomic mass is 9.86. The third kappa shape index (κ3) is 8.66. The summed E-state index contributed by atoms with van der Waals surface area (Å²) in [5.41, 5.74) is 17.9. The Morgan fingerprint density at radius 2 is 1.00 bits per heavy atom. The highest BCUT2D eigenvalue weighted by Gasteiger charge is 2.15. The van der Waals surface area contributed by atoms with E-state index < -0.39 is 0 Å². The quantitative estimate of drug-likeness (QED) is 0.146. The Morgan fingerprint density at radius 3 is 1.64 bits per heavy atom. The average molecular weight is 790 g/mol. The molecule has 0 N–H and O–H groups in total. The maximum Gasteiger partial charge on any atom is 0.144 e. The van der Waals surface area contributed by atoms with Gasteiger partial charge in [-0.1, -0.05) is 148 Å². The molecule has 4 heterocycles. The third-order valence-corrected chi connectivity index (χ3v) is 11.3. The zero-order chi connectivity index (χ0) is 41.9. The van der Waals surface area contributed by atoms with E-state index in [0.29, 0.717) is 0 Å². The summed E-state index contributed by atoms with van der Waals surface area (Å²) in [5, 5.41) is 2.21. The summed E-state index contributed by atoms with van der Waals surface area (Å²) in [5.74, 6) is 0. The van der Waals surface area contributed by atoms with Crippen molar-refractivity contribution >= 4 is 58.4 Å². The minimum Gasteiger partial charge on any atom is -0.455 e. The zero-order valence-corrected chi connectivity index (χ0v) is 35.2. The van der Waals surface area contributed by atoms with Crippen molar-refractivity contribution < 1.29 is 4.42 Å². The molecule has 5 aromatic carbocycles. The molecular formula is C57H47N3O. The van der Waals surface area contributed by atoms with Gasteiger partial charge in [0.15, 0.2) is 0 Å². The SMILES string of the molecule is Cc1cc(-c2ccccc2)ncc1/C=C/c1cc(/C=C/c2ccc(-c3ccc(C(C)(C)C)cc3)nc2)cc(/C=C/c2cnc(-c3cccc4c3oc3ccccc34)cc2C)c1. The maximum atomic E-state index is 6.33. The first-order valence-corrected chi connectivity index (χ1v) is 20.8. The molecule has 0 spiro atoms. The predicted molar refractivity (Wildman–Crippen MR) is 258 cm³/mol. The summed E-state index contributed by atoms with van der Waals surface area (Å²) in [6.07, 6.45) is 18.8. The number of aryl methyl sites for hydroxylation is 2. The normalized spacial score (nSPS) is 12.1. The molecule has 0 fully saturated rings. The van der Waals surface area contributed by atoms with Crippen LogP contribution in [0, 0.1) is 13.8 Å². The molecule has 9 aromatic rings. The Hall–Kier alpha value is -7.43. The van der Waals surface area contributed by atoms with Gasteiger partial charge in [-0.15, -0.1) is 0 Å². The number of aromatic nitrogens is 3. The fourth-order valence-electron chi connectivity index (χ4n) is 7.72. The van der Waals surface area contributed by atoms with Gasteiger partial charge in [0.1, 0.15) is 11.2 Å². The number of pyridine rings is 3. The molecule has 61 heavy (non-hydrogen) atoms. The highest BCUT2D eigenvalue weighted by molar-refractivity contribution is 6.09. The average Bonchev–Trinajstić information content (AvgIpc) is 3.67. The van der Waals surface area contributed by atoms with Gasteiger partial charge < -0.3 is 4.42 Å². The summed E-state index contributed by atoms with van der Waals surface area (Å²) < 4.78 is 6.33. The number of hydrogen-bond donors (Lipinski definition) is 0. The standard InChI is InChI=1S/C57H47N3O/c1-38-30-53(44-12-7-6-8-13-44)59-36-46(38)23-20-42-32-41(19-18-40-22-29-52(58-35-40)45-25-27-48(28-26-45)57(3,4)5)33-43(34-42)21-24-47-37-60-54(31-39(47)2)51-16-11-15-50-49-14-9-10-17-55(49)61-56(50)51/h6-37H,1-5H3/b19-18+,23-20+,24-21+. The van der Waals surface area contributed by atoms with Gasteiger partial charge in [0.2, 0.25) is 0 Å². The van der Waals surface area contributed by atoms with Crippen molar-refractivity contribution in [1.29, 1.82) is 0 Å². The second kappa shape index (κ2) is 16.7.